The zero-order chi connectivity index (χ0) is 22.2. The smallest absolute Gasteiger partial charge is 0.0751 e. The molecular formula is C25H41B3O2. The van der Waals surface area contributed by atoms with Crippen LogP contribution in [0.25, 0.3) is 0 Å². The summed E-state index contributed by atoms with van der Waals surface area (Å²) < 4.78 is 0. The summed E-state index contributed by atoms with van der Waals surface area (Å²) in [6.45, 7) is 8.98. The number of aliphatic hydroxyl groups excluding tert-OH is 2. The predicted molar refractivity (Wildman–Crippen MR) is 126 cm³/mol. The highest BCUT2D eigenvalue weighted by Crippen LogP contribution is 2.88. The van der Waals surface area contributed by atoms with E-state index < -0.39 is 15.9 Å². The van der Waals surface area contributed by atoms with Crippen LogP contribution < -0.4 is 0 Å². The van der Waals surface area contributed by atoms with Crippen molar-refractivity contribution in [3.8, 4) is 0 Å². The average molecular weight is 406 g/mol. The van der Waals surface area contributed by atoms with Gasteiger partial charge < -0.3 is 10.2 Å². The highest BCUT2D eigenvalue weighted by molar-refractivity contribution is 6.33. The van der Waals surface area contributed by atoms with E-state index in [0.29, 0.717) is 17.8 Å². The second-order valence-electron chi connectivity index (χ2n) is 12.5. The fourth-order valence-electron chi connectivity index (χ4n) is 9.20. The van der Waals surface area contributed by atoms with Crippen LogP contribution in [-0.4, -0.2) is 46.0 Å². The third-order valence-electron chi connectivity index (χ3n) is 11.4. The molecule has 0 aromatic rings. The van der Waals surface area contributed by atoms with E-state index in [2.05, 4.69) is 20.8 Å². The SMILES string of the molecule is [B]C12CC[C@@H]3CC(O)CCC3(C)[C@@]1([B])CCC1(C)C([C@H](C)CC[C@@H](C)O)CC[C@]12[B]. The minimum Gasteiger partial charge on any atom is -0.393 e. The van der Waals surface area contributed by atoms with Crippen molar-refractivity contribution < 1.29 is 10.2 Å². The Bertz CT molecular complexity index is 673. The molecule has 0 bridgehead atoms. The van der Waals surface area contributed by atoms with E-state index >= 15 is 0 Å². The maximum absolute atomic E-state index is 10.3. The molecular weight excluding hydrogens is 365 g/mol. The third kappa shape index (κ3) is 2.79. The summed E-state index contributed by atoms with van der Waals surface area (Å²) in [6.07, 6.45) is 10.0. The first-order valence-electron chi connectivity index (χ1n) is 12.6. The highest BCUT2D eigenvalue weighted by Gasteiger charge is 2.73. The van der Waals surface area contributed by atoms with E-state index in [0.717, 1.165) is 70.6 Å². The van der Waals surface area contributed by atoms with Crippen LogP contribution >= 0.6 is 0 Å². The summed E-state index contributed by atoms with van der Waals surface area (Å²) >= 11 is 0. The lowest BCUT2D eigenvalue weighted by atomic mass is 9.17. The molecule has 2 nitrogen and oxygen atoms in total. The molecule has 0 aromatic heterocycles. The van der Waals surface area contributed by atoms with Crippen molar-refractivity contribution in [3.05, 3.63) is 0 Å². The second-order valence-corrected chi connectivity index (χ2v) is 12.5. The molecule has 10 atom stereocenters. The minimum atomic E-state index is -0.570. The molecule has 4 saturated carbocycles. The van der Waals surface area contributed by atoms with Crippen molar-refractivity contribution in [1.82, 2.24) is 0 Å². The van der Waals surface area contributed by atoms with Crippen LogP contribution in [0.15, 0.2) is 0 Å². The fourth-order valence-corrected chi connectivity index (χ4v) is 9.20. The Morgan fingerprint density at radius 1 is 0.800 bits per heavy atom. The van der Waals surface area contributed by atoms with E-state index in [9.17, 15) is 10.2 Å². The molecule has 2 N–H and O–H groups in total. The van der Waals surface area contributed by atoms with Crippen LogP contribution in [0.4, 0.5) is 0 Å². The molecule has 0 amide bonds. The van der Waals surface area contributed by atoms with E-state index in [1.807, 2.05) is 6.92 Å². The predicted octanol–water partition coefficient (Wildman–Crippen LogP) is 4.94. The lowest BCUT2D eigenvalue weighted by Gasteiger charge is -2.76. The van der Waals surface area contributed by atoms with Gasteiger partial charge in [-0.15, -0.1) is 0 Å². The number of fused-ring (bicyclic) bond motifs is 5. The number of rotatable bonds is 4. The molecule has 4 rings (SSSR count). The molecule has 6 radical (unpaired) electrons. The number of aliphatic hydroxyl groups is 2. The molecule has 5 unspecified atom stereocenters. The zero-order valence-corrected chi connectivity index (χ0v) is 19.8. The zero-order valence-electron chi connectivity index (χ0n) is 19.8. The molecule has 4 aliphatic carbocycles. The van der Waals surface area contributed by atoms with Crippen LogP contribution in [-0.2, 0) is 0 Å². The summed E-state index contributed by atoms with van der Waals surface area (Å²) in [5, 5.41) is 18.6. The standard InChI is InChI=1S/C25H41B3O2/c1-16(5-6-17(2)29)20-9-12-23(26)22(20,4)13-14-24(27)21(3)10-8-19(30)15-18(21)7-11-25(23,24)28/h16-20,29-30H,5-15H2,1-4H3/t16-,17-,18-,19?,20?,21?,22?,23+,24+,25?/m1/s1. The van der Waals surface area contributed by atoms with E-state index in [1.54, 1.807) is 0 Å². The lowest BCUT2D eigenvalue weighted by molar-refractivity contribution is -0.104. The Labute approximate surface area is 189 Å². The normalized spacial score (nSPS) is 55.2. The molecule has 0 saturated heterocycles. The quantitative estimate of drug-likeness (QED) is 0.650. The van der Waals surface area contributed by atoms with Crippen LogP contribution in [0, 0.1) is 28.6 Å². The van der Waals surface area contributed by atoms with Crippen molar-refractivity contribution in [2.45, 2.75) is 126 Å². The summed E-state index contributed by atoms with van der Waals surface area (Å²) in [7, 11) is 22.4. The van der Waals surface area contributed by atoms with Crippen molar-refractivity contribution in [2.24, 2.45) is 28.6 Å². The number of hydrogen-bond donors (Lipinski definition) is 2. The maximum Gasteiger partial charge on any atom is 0.0751 e. The van der Waals surface area contributed by atoms with Crippen LogP contribution in [0.1, 0.15) is 98.3 Å². The van der Waals surface area contributed by atoms with Crippen LogP contribution in [0.3, 0.4) is 0 Å². The fraction of sp³-hybridized carbons (Fsp3) is 1.00. The maximum atomic E-state index is 10.3. The van der Waals surface area contributed by atoms with E-state index in [1.165, 1.54) is 0 Å². The summed E-state index contributed by atoms with van der Waals surface area (Å²) in [5.74, 6) is 1.50. The first kappa shape index (κ1) is 23.3. The Morgan fingerprint density at radius 3 is 2.10 bits per heavy atom. The number of hydrogen-bond acceptors (Lipinski definition) is 2. The van der Waals surface area contributed by atoms with Crippen molar-refractivity contribution in [1.29, 1.82) is 0 Å². The molecule has 4 aliphatic rings. The van der Waals surface area contributed by atoms with Crippen molar-refractivity contribution in [2.75, 3.05) is 0 Å². The molecule has 4 fully saturated rings. The van der Waals surface area contributed by atoms with Gasteiger partial charge in [-0.25, -0.2) is 0 Å². The highest BCUT2D eigenvalue weighted by atomic mass is 16.3. The van der Waals surface area contributed by atoms with Gasteiger partial charge in [0.25, 0.3) is 0 Å². The van der Waals surface area contributed by atoms with E-state index in [-0.39, 0.29) is 23.0 Å². The first-order valence-corrected chi connectivity index (χ1v) is 12.6. The Morgan fingerprint density at radius 2 is 1.43 bits per heavy atom. The first-order chi connectivity index (χ1) is 13.8. The second kappa shape index (κ2) is 7.31. The van der Waals surface area contributed by atoms with Gasteiger partial charge in [-0.2, -0.15) is 0 Å². The topological polar surface area (TPSA) is 40.5 Å². The molecule has 0 aliphatic heterocycles. The molecule has 5 heteroatoms. The van der Waals surface area contributed by atoms with E-state index in [4.69, 9.17) is 23.5 Å². The molecule has 30 heavy (non-hydrogen) atoms. The lowest BCUT2D eigenvalue weighted by Crippen LogP contribution is -2.62. The van der Waals surface area contributed by atoms with Crippen molar-refractivity contribution in [3.63, 3.8) is 0 Å². The van der Waals surface area contributed by atoms with Crippen LogP contribution in [0.2, 0.25) is 15.9 Å². The van der Waals surface area contributed by atoms with Gasteiger partial charge in [-0.05, 0) is 80.5 Å². The summed E-state index contributed by atoms with van der Waals surface area (Å²) in [6, 6.07) is 0. The molecule has 162 valence electrons. The summed E-state index contributed by atoms with van der Waals surface area (Å²) in [4.78, 5) is 0. The van der Waals surface area contributed by atoms with Gasteiger partial charge in [0.05, 0.1) is 35.7 Å². The van der Waals surface area contributed by atoms with Gasteiger partial charge in [0.1, 0.15) is 0 Å². The average Bonchev–Trinajstić information content (AvgIpc) is 2.96. The Balaban J connectivity index is 1.68. The Kier molecular flexibility index (Phi) is 5.67. The minimum absolute atomic E-state index is 0.0138. The molecule has 0 aromatic carbocycles. The Hall–Kier alpha value is 0.115. The van der Waals surface area contributed by atoms with Gasteiger partial charge >= 0.3 is 0 Å². The van der Waals surface area contributed by atoms with Crippen molar-refractivity contribution >= 4 is 23.5 Å². The van der Waals surface area contributed by atoms with Gasteiger partial charge in [0, 0.05) is 0 Å². The van der Waals surface area contributed by atoms with Gasteiger partial charge in [-0.1, -0.05) is 62.4 Å². The monoisotopic (exact) mass is 406 g/mol. The summed E-state index contributed by atoms with van der Waals surface area (Å²) in [5.41, 5.74) is -0.0664. The third-order valence-corrected chi connectivity index (χ3v) is 11.4. The molecule has 0 heterocycles. The largest absolute Gasteiger partial charge is 0.393 e. The van der Waals surface area contributed by atoms with Gasteiger partial charge in [-0.3, -0.25) is 0 Å². The van der Waals surface area contributed by atoms with Gasteiger partial charge in [0.15, 0.2) is 0 Å². The molecule has 0 spiro atoms. The van der Waals surface area contributed by atoms with Crippen LogP contribution in [0.5, 0.6) is 0 Å². The van der Waals surface area contributed by atoms with Gasteiger partial charge in [0.2, 0.25) is 0 Å².